The van der Waals surface area contributed by atoms with E-state index in [4.69, 9.17) is 4.74 Å². The van der Waals surface area contributed by atoms with Gasteiger partial charge in [0.05, 0.1) is 7.11 Å². The molecular weight excluding hydrogens is 467 g/mol. The Balaban J connectivity index is 1.91. The molecule has 3 aromatic rings. The van der Waals surface area contributed by atoms with Gasteiger partial charge in [0.25, 0.3) is 0 Å². The fourth-order valence-electron chi connectivity index (χ4n) is 3.57. The van der Waals surface area contributed by atoms with Crippen molar-refractivity contribution in [2.24, 2.45) is 0 Å². The number of aliphatic hydroxyl groups is 1. The summed E-state index contributed by atoms with van der Waals surface area (Å²) in [7, 11) is 1.54. The van der Waals surface area contributed by atoms with Crippen LogP contribution in [-0.4, -0.2) is 67.8 Å². The lowest BCUT2D eigenvalue weighted by atomic mass is 10.0. The lowest BCUT2D eigenvalue weighted by Gasteiger charge is -2.33. The van der Waals surface area contributed by atoms with E-state index in [-0.39, 0.29) is 43.7 Å². The van der Waals surface area contributed by atoms with Crippen molar-refractivity contribution < 1.29 is 23.8 Å². The molecule has 0 aliphatic heterocycles. The molecule has 2 amide bonds. The van der Waals surface area contributed by atoms with Gasteiger partial charge in [-0.1, -0.05) is 12.1 Å². The first-order chi connectivity index (χ1) is 17.1. The predicted molar refractivity (Wildman–Crippen MR) is 130 cm³/mol. The number of nitrogens with zero attached hydrogens (tertiary/aromatic N) is 5. The van der Waals surface area contributed by atoms with Gasteiger partial charge in [-0.2, -0.15) is 4.80 Å². The second-order valence-corrected chi connectivity index (χ2v) is 9.23. The van der Waals surface area contributed by atoms with Gasteiger partial charge < -0.3 is 20.1 Å². The van der Waals surface area contributed by atoms with Crippen molar-refractivity contribution in [3.05, 3.63) is 59.9 Å². The summed E-state index contributed by atoms with van der Waals surface area (Å²) < 4.78 is 18.5. The molecule has 0 radical (unpaired) electrons. The summed E-state index contributed by atoms with van der Waals surface area (Å²) in [5.74, 6) is -0.336. The van der Waals surface area contributed by atoms with E-state index in [1.54, 1.807) is 31.4 Å². The van der Waals surface area contributed by atoms with Crippen molar-refractivity contribution in [1.29, 1.82) is 0 Å². The minimum absolute atomic E-state index is 0.128. The minimum atomic E-state index is -0.964. The number of ether oxygens (including phenoxy) is 1. The number of methoxy groups -OCH3 is 1. The highest BCUT2D eigenvalue weighted by molar-refractivity contribution is 5.89. The minimum Gasteiger partial charge on any atom is -0.497 e. The molecular formula is C25H31FN6O4. The zero-order valence-electron chi connectivity index (χ0n) is 20.8. The number of amides is 2. The fraction of sp³-hybridized carbons (Fsp3) is 0.400. The van der Waals surface area contributed by atoms with Gasteiger partial charge in [0, 0.05) is 24.3 Å². The lowest BCUT2D eigenvalue weighted by molar-refractivity contribution is -0.142. The highest BCUT2D eigenvalue weighted by Gasteiger charge is 2.33. The Labute approximate surface area is 209 Å². The lowest BCUT2D eigenvalue weighted by Crippen LogP contribution is -2.50. The van der Waals surface area contributed by atoms with E-state index in [0.717, 1.165) is 4.80 Å². The van der Waals surface area contributed by atoms with Gasteiger partial charge in [0.2, 0.25) is 17.6 Å². The summed E-state index contributed by atoms with van der Waals surface area (Å²) in [5, 5.41) is 24.5. The van der Waals surface area contributed by atoms with Crippen molar-refractivity contribution >= 4 is 11.8 Å². The van der Waals surface area contributed by atoms with Crippen molar-refractivity contribution in [2.45, 2.75) is 45.3 Å². The second-order valence-electron chi connectivity index (χ2n) is 9.23. The number of aromatic nitrogens is 4. The van der Waals surface area contributed by atoms with Gasteiger partial charge in [-0.3, -0.25) is 9.59 Å². The molecule has 0 saturated heterocycles. The maximum Gasteiger partial charge on any atom is 0.247 e. The summed E-state index contributed by atoms with van der Waals surface area (Å²) >= 11 is 0. The molecule has 11 heteroatoms. The predicted octanol–water partition coefficient (Wildman–Crippen LogP) is 2.35. The molecule has 1 atom stereocenters. The van der Waals surface area contributed by atoms with Crippen LogP contribution in [0, 0.1) is 5.82 Å². The van der Waals surface area contributed by atoms with Crippen LogP contribution in [0.3, 0.4) is 0 Å². The highest BCUT2D eigenvalue weighted by Crippen LogP contribution is 2.25. The number of carbonyl (C=O) groups excluding carboxylic acids is 2. The Morgan fingerprint density at radius 3 is 2.39 bits per heavy atom. The van der Waals surface area contributed by atoms with Crippen LogP contribution in [0.15, 0.2) is 48.5 Å². The first-order valence-corrected chi connectivity index (χ1v) is 11.5. The molecule has 10 nitrogen and oxygen atoms in total. The summed E-state index contributed by atoms with van der Waals surface area (Å²) in [6.45, 7) is 5.25. The average molecular weight is 499 g/mol. The number of nitrogens with one attached hydrogen (secondary N) is 1. The Kier molecular flexibility index (Phi) is 8.70. The van der Waals surface area contributed by atoms with Crippen LogP contribution in [0.5, 0.6) is 5.75 Å². The standard InChI is InChI=1S/C25H31FN6O4/c1-25(2,3)27-24(35)22(17-8-12-20(36-4)13-9-17)31(14-5-15-33)21(34)16-32-29-23(28-30-32)18-6-10-19(26)11-7-18/h6-13,22,33H,5,14-16H2,1-4H3,(H,27,35). The Bertz CT molecular complexity index is 1160. The van der Waals surface area contributed by atoms with E-state index in [1.165, 1.54) is 29.2 Å². The molecule has 1 unspecified atom stereocenters. The molecule has 2 N–H and O–H groups in total. The number of benzene rings is 2. The van der Waals surface area contributed by atoms with Crippen molar-refractivity contribution in [2.75, 3.05) is 20.3 Å². The van der Waals surface area contributed by atoms with Crippen LogP contribution in [0.1, 0.15) is 38.8 Å². The van der Waals surface area contributed by atoms with E-state index in [2.05, 4.69) is 20.7 Å². The van der Waals surface area contributed by atoms with Crippen LogP contribution in [0.4, 0.5) is 4.39 Å². The van der Waals surface area contributed by atoms with E-state index in [0.29, 0.717) is 16.9 Å². The number of hydrogen-bond donors (Lipinski definition) is 2. The van der Waals surface area contributed by atoms with Gasteiger partial charge in [-0.15, -0.1) is 10.2 Å². The average Bonchev–Trinajstić information content (AvgIpc) is 3.29. The number of carbonyl (C=O) groups is 2. The summed E-state index contributed by atoms with van der Waals surface area (Å²) in [4.78, 5) is 29.4. The van der Waals surface area contributed by atoms with E-state index in [9.17, 15) is 19.1 Å². The first kappa shape index (κ1) is 26.7. The first-order valence-electron chi connectivity index (χ1n) is 11.5. The van der Waals surface area contributed by atoms with E-state index in [1.807, 2.05) is 20.8 Å². The summed E-state index contributed by atoms with van der Waals surface area (Å²) in [5.41, 5.74) is 0.598. The van der Waals surface area contributed by atoms with E-state index < -0.39 is 17.5 Å². The van der Waals surface area contributed by atoms with Crippen LogP contribution in [0.2, 0.25) is 0 Å². The van der Waals surface area contributed by atoms with Crippen LogP contribution in [-0.2, 0) is 16.1 Å². The molecule has 0 spiro atoms. The maximum absolute atomic E-state index is 13.5. The Hall–Kier alpha value is -3.86. The summed E-state index contributed by atoms with van der Waals surface area (Å²) in [6, 6.07) is 11.5. The zero-order chi connectivity index (χ0) is 26.3. The summed E-state index contributed by atoms with van der Waals surface area (Å²) in [6.07, 6.45) is 0.271. The van der Waals surface area contributed by atoms with Gasteiger partial charge in [-0.25, -0.2) is 4.39 Å². The largest absolute Gasteiger partial charge is 0.497 e. The maximum atomic E-state index is 13.5. The molecule has 36 heavy (non-hydrogen) atoms. The molecule has 1 aromatic heterocycles. The molecule has 0 saturated carbocycles. The van der Waals surface area contributed by atoms with Crippen molar-refractivity contribution in [3.63, 3.8) is 0 Å². The zero-order valence-corrected chi connectivity index (χ0v) is 20.8. The molecule has 192 valence electrons. The molecule has 1 heterocycles. The third-order valence-corrected chi connectivity index (χ3v) is 5.20. The Morgan fingerprint density at radius 1 is 1.14 bits per heavy atom. The van der Waals surface area contributed by atoms with E-state index >= 15 is 0 Å². The van der Waals surface area contributed by atoms with Gasteiger partial charge in [0.15, 0.2) is 0 Å². The van der Waals surface area contributed by atoms with Crippen LogP contribution < -0.4 is 10.1 Å². The monoisotopic (exact) mass is 498 g/mol. The molecule has 0 bridgehead atoms. The molecule has 0 aliphatic rings. The molecule has 0 aliphatic carbocycles. The smallest absolute Gasteiger partial charge is 0.247 e. The third-order valence-electron chi connectivity index (χ3n) is 5.20. The number of rotatable bonds is 10. The highest BCUT2D eigenvalue weighted by atomic mass is 19.1. The number of aliphatic hydroxyl groups excluding tert-OH is 1. The van der Waals surface area contributed by atoms with Crippen LogP contribution >= 0.6 is 0 Å². The van der Waals surface area contributed by atoms with Crippen molar-refractivity contribution in [3.8, 4) is 17.1 Å². The topological polar surface area (TPSA) is 122 Å². The fourth-order valence-corrected chi connectivity index (χ4v) is 3.57. The SMILES string of the molecule is COc1ccc(C(C(=O)NC(C)(C)C)N(CCCO)C(=O)Cn2nnc(-c3ccc(F)cc3)n2)cc1. The van der Waals surface area contributed by atoms with Crippen LogP contribution in [0.25, 0.3) is 11.4 Å². The van der Waals surface area contributed by atoms with Gasteiger partial charge >= 0.3 is 0 Å². The molecule has 2 aromatic carbocycles. The second kappa shape index (κ2) is 11.7. The van der Waals surface area contributed by atoms with Crippen molar-refractivity contribution in [1.82, 2.24) is 30.4 Å². The molecule has 0 fully saturated rings. The molecule has 3 rings (SSSR count). The van der Waals surface area contributed by atoms with Gasteiger partial charge in [0.1, 0.15) is 24.2 Å². The Morgan fingerprint density at radius 2 is 1.81 bits per heavy atom. The number of tetrazole rings is 1. The third kappa shape index (κ3) is 7.08. The number of hydrogen-bond acceptors (Lipinski definition) is 7. The van der Waals surface area contributed by atoms with Gasteiger partial charge in [-0.05, 0) is 74.4 Å². The quantitative estimate of drug-likeness (QED) is 0.440. The normalized spacial score (nSPS) is 12.2. The number of halogens is 1.